The van der Waals surface area contributed by atoms with Gasteiger partial charge in [-0.25, -0.2) is 4.98 Å². The Morgan fingerprint density at radius 3 is 2.37 bits per heavy atom. The quantitative estimate of drug-likeness (QED) is 0.194. The number of cyclic esters (lactones) is 1. The van der Waals surface area contributed by atoms with Gasteiger partial charge in [-0.1, -0.05) is 18.2 Å². The molecule has 3 aromatic carbocycles. The molecule has 1 fully saturated rings. The fourth-order valence-corrected chi connectivity index (χ4v) is 7.92. The average Bonchev–Trinajstić information content (AvgIpc) is 3.90. The average molecular weight is 685 g/mol. The number of carbonyl (C=O) groups is 2. The summed E-state index contributed by atoms with van der Waals surface area (Å²) in [6.07, 6.45) is 3.42. The molecular weight excluding hydrogens is 652 g/mol. The number of methoxy groups -OCH3 is 3. The third-order valence-electron chi connectivity index (χ3n) is 10.2. The maximum absolute atomic E-state index is 14.5. The molecule has 0 radical (unpaired) electrons. The molecule has 1 amide bonds. The van der Waals surface area contributed by atoms with Crippen molar-refractivity contribution in [3.63, 3.8) is 0 Å². The molecule has 0 bridgehead atoms. The summed E-state index contributed by atoms with van der Waals surface area (Å²) in [4.78, 5) is 40.9. The number of aromatic amines is 1. The summed E-state index contributed by atoms with van der Waals surface area (Å²) in [5, 5.41) is 5.09. The van der Waals surface area contributed by atoms with Gasteiger partial charge in [0.05, 0.1) is 51.1 Å². The number of esters is 1. The highest BCUT2D eigenvalue weighted by Gasteiger charge is 2.53. The first-order chi connectivity index (χ1) is 25.0. The summed E-state index contributed by atoms with van der Waals surface area (Å²) in [7, 11) is 4.64. The maximum Gasteiger partial charge on any atom is 0.310 e. The van der Waals surface area contributed by atoms with Crippen LogP contribution in [0.15, 0.2) is 79.1 Å². The number of benzene rings is 3. The fourth-order valence-electron chi connectivity index (χ4n) is 7.92. The summed E-state index contributed by atoms with van der Waals surface area (Å²) >= 11 is 0. The number of pyridine rings is 2. The van der Waals surface area contributed by atoms with Gasteiger partial charge in [0.15, 0.2) is 23.0 Å². The molecule has 256 valence electrons. The maximum atomic E-state index is 14.5. The van der Waals surface area contributed by atoms with Gasteiger partial charge >= 0.3 is 5.97 Å². The highest BCUT2D eigenvalue weighted by Crippen LogP contribution is 2.55. The Bertz CT molecular complexity index is 2350. The van der Waals surface area contributed by atoms with Crippen LogP contribution in [0.4, 0.5) is 0 Å². The van der Waals surface area contributed by atoms with Crippen molar-refractivity contribution < 1.29 is 38.0 Å². The summed E-state index contributed by atoms with van der Waals surface area (Å²) in [5.41, 5.74) is 5.66. The lowest BCUT2D eigenvalue weighted by molar-refractivity contribution is -0.141. The lowest BCUT2D eigenvalue weighted by Crippen LogP contribution is -2.43. The van der Waals surface area contributed by atoms with Crippen molar-refractivity contribution in [3.05, 3.63) is 102 Å². The first kappa shape index (κ1) is 30.7. The Morgan fingerprint density at radius 2 is 1.65 bits per heavy atom. The van der Waals surface area contributed by atoms with E-state index < -0.39 is 29.7 Å². The SMILES string of the molecule is COc1cc([C@@H]2c3cc4c(cc3[C@@H](NC(=O)c3cc5c([nH]c6ccccc65)c(-c5cccnc5)n3)[C@H]3COC(=O)[C@H]23)OCO4)cc(OC)c1OC. The Kier molecular flexibility index (Phi) is 7.19. The number of aromatic nitrogens is 3. The van der Waals surface area contributed by atoms with Crippen LogP contribution in [0, 0.1) is 11.8 Å². The van der Waals surface area contributed by atoms with E-state index in [2.05, 4.69) is 15.3 Å². The Hall–Kier alpha value is -6.30. The molecule has 12 nitrogen and oxygen atoms in total. The van der Waals surface area contributed by atoms with E-state index in [1.54, 1.807) is 39.8 Å². The van der Waals surface area contributed by atoms with Crippen LogP contribution in [-0.4, -0.2) is 61.6 Å². The van der Waals surface area contributed by atoms with E-state index in [4.69, 9.17) is 33.4 Å². The second-order valence-electron chi connectivity index (χ2n) is 12.7. The fraction of sp³-hybridized carbons (Fsp3) is 0.231. The number of H-pyrrole nitrogens is 1. The van der Waals surface area contributed by atoms with Gasteiger partial charge in [-0.2, -0.15) is 0 Å². The molecule has 12 heteroatoms. The van der Waals surface area contributed by atoms with E-state index >= 15 is 0 Å². The minimum Gasteiger partial charge on any atom is -0.493 e. The third kappa shape index (κ3) is 4.81. The molecule has 1 saturated heterocycles. The van der Waals surface area contributed by atoms with Crippen molar-refractivity contribution >= 4 is 33.7 Å². The smallest absolute Gasteiger partial charge is 0.310 e. The van der Waals surface area contributed by atoms with Crippen LogP contribution in [-0.2, 0) is 9.53 Å². The topological polar surface area (TPSA) is 143 Å². The lowest BCUT2D eigenvalue weighted by Gasteiger charge is -2.39. The van der Waals surface area contributed by atoms with Crippen molar-refractivity contribution in [1.82, 2.24) is 20.3 Å². The largest absolute Gasteiger partial charge is 0.493 e. The van der Waals surface area contributed by atoms with E-state index in [1.807, 2.05) is 60.7 Å². The van der Waals surface area contributed by atoms with E-state index in [1.165, 1.54) is 0 Å². The van der Waals surface area contributed by atoms with Crippen LogP contribution < -0.4 is 29.0 Å². The minimum atomic E-state index is -0.652. The van der Waals surface area contributed by atoms with E-state index in [0.29, 0.717) is 34.4 Å². The molecule has 51 heavy (non-hydrogen) atoms. The Balaban J connectivity index is 1.19. The molecule has 6 aromatic rings. The van der Waals surface area contributed by atoms with Crippen LogP contribution in [0.3, 0.4) is 0 Å². The number of nitrogens with zero attached hydrogens (tertiary/aromatic N) is 2. The van der Waals surface area contributed by atoms with Gasteiger partial charge in [0, 0.05) is 46.1 Å². The number of rotatable bonds is 7. The summed E-state index contributed by atoms with van der Waals surface area (Å²) in [6, 6.07) is 20.3. The van der Waals surface area contributed by atoms with Crippen LogP contribution in [0.5, 0.6) is 28.7 Å². The first-order valence-corrected chi connectivity index (χ1v) is 16.5. The highest BCUT2D eigenvalue weighted by atomic mass is 16.7. The summed E-state index contributed by atoms with van der Waals surface area (Å²) < 4.78 is 34.4. The van der Waals surface area contributed by atoms with Crippen LogP contribution in [0.25, 0.3) is 33.1 Å². The number of hydrogen-bond donors (Lipinski definition) is 2. The molecule has 3 aromatic heterocycles. The summed E-state index contributed by atoms with van der Waals surface area (Å²) in [5.74, 6) is 0.121. The first-order valence-electron chi connectivity index (χ1n) is 16.5. The summed E-state index contributed by atoms with van der Waals surface area (Å²) in [6.45, 7) is 0.170. The van der Waals surface area contributed by atoms with Gasteiger partial charge in [-0.15, -0.1) is 0 Å². The Labute approximate surface area is 291 Å². The molecule has 0 saturated carbocycles. The Morgan fingerprint density at radius 1 is 0.882 bits per heavy atom. The molecule has 2 aliphatic heterocycles. The normalized spacial score (nSPS) is 20.1. The highest BCUT2D eigenvalue weighted by molar-refractivity contribution is 6.13. The van der Waals surface area contributed by atoms with Crippen LogP contribution in [0.2, 0.25) is 0 Å². The standard InChI is InChI=1S/C39H32N4O8/c1-46-30-11-20(12-31(47-2)37(30)48-3)32-22-14-28-29(51-18-50-28)15-24(22)35(25-17-49-39(45)33(25)32)43-38(44)27-13-23-21-8-4-5-9-26(21)41-36(23)34(42-27)19-7-6-10-40-16-19/h4-16,25,32-33,35,41H,17-18H2,1-3H3,(H,43,44)/t25-,32+,33-,35+/m0/s1. The number of nitrogens with one attached hydrogen (secondary N) is 2. The molecule has 4 atom stereocenters. The van der Waals surface area contributed by atoms with Gasteiger partial charge in [0.1, 0.15) is 5.69 Å². The number of hydrogen-bond acceptors (Lipinski definition) is 10. The zero-order valence-corrected chi connectivity index (χ0v) is 27.9. The minimum absolute atomic E-state index is 0.0602. The second-order valence-corrected chi connectivity index (χ2v) is 12.7. The molecule has 9 rings (SSSR count). The number of fused-ring (bicyclic) bond motifs is 6. The predicted molar refractivity (Wildman–Crippen MR) is 185 cm³/mol. The van der Waals surface area contributed by atoms with Crippen molar-refractivity contribution in [2.45, 2.75) is 12.0 Å². The monoisotopic (exact) mass is 684 g/mol. The molecule has 2 N–H and O–H groups in total. The van der Waals surface area contributed by atoms with Crippen molar-refractivity contribution in [3.8, 4) is 40.0 Å². The van der Waals surface area contributed by atoms with Gasteiger partial charge in [0.2, 0.25) is 12.5 Å². The number of ether oxygens (including phenoxy) is 6. The molecular formula is C39H32N4O8. The number of carbonyl (C=O) groups excluding carboxylic acids is 2. The second kappa shape index (κ2) is 11.9. The van der Waals surface area contributed by atoms with Crippen LogP contribution in [0.1, 0.15) is 39.1 Å². The number of amides is 1. The van der Waals surface area contributed by atoms with Crippen molar-refractivity contribution in [1.29, 1.82) is 0 Å². The lowest BCUT2D eigenvalue weighted by atomic mass is 9.65. The number of para-hydroxylation sites is 1. The predicted octanol–water partition coefficient (Wildman–Crippen LogP) is 5.94. The van der Waals surface area contributed by atoms with E-state index in [0.717, 1.165) is 44.1 Å². The zero-order valence-electron chi connectivity index (χ0n) is 27.9. The molecule has 3 aliphatic rings. The zero-order chi connectivity index (χ0) is 34.8. The van der Waals surface area contributed by atoms with Gasteiger partial charge < -0.3 is 38.7 Å². The molecule has 0 unspecified atom stereocenters. The van der Waals surface area contributed by atoms with Crippen molar-refractivity contribution in [2.24, 2.45) is 11.8 Å². The molecule has 0 spiro atoms. The van der Waals surface area contributed by atoms with Gasteiger partial charge in [-0.3, -0.25) is 14.6 Å². The van der Waals surface area contributed by atoms with E-state index in [-0.39, 0.29) is 25.1 Å². The van der Waals surface area contributed by atoms with Gasteiger partial charge in [0.25, 0.3) is 5.91 Å². The van der Waals surface area contributed by atoms with E-state index in [9.17, 15) is 9.59 Å². The molecule has 1 aliphatic carbocycles. The molecule has 5 heterocycles. The van der Waals surface area contributed by atoms with Crippen molar-refractivity contribution in [2.75, 3.05) is 34.7 Å². The van der Waals surface area contributed by atoms with Gasteiger partial charge in [-0.05, 0) is 65.2 Å². The third-order valence-corrected chi connectivity index (χ3v) is 10.2. The van der Waals surface area contributed by atoms with Crippen LogP contribution >= 0.6 is 0 Å².